The number of benzene rings is 1. The number of hydrogen-bond acceptors (Lipinski definition) is 3. The molecule has 118 valence electrons. The lowest BCUT2D eigenvalue weighted by Gasteiger charge is -2.24. The Morgan fingerprint density at radius 2 is 1.81 bits per heavy atom. The Kier molecular flexibility index (Phi) is 4.98. The molecule has 0 saturated carbocycles. The van der Waals surface area contributed by atoms with Gasteiger partial charge >= 0.3 is 6.18 Å². The molecule has 0 aromatic heterocycles. The minimum Gasteiger partial charge on any atom is -0.497 e. The summed E-state index contributed by atoms with van der Waals surface area (Å²) in [6.07, 6.45) is -1.96. The molecule has 0 amide bonds. The van der Waals surface area contributed by atoms with Crippen LogP contribution >= 0.6 is 0 Å². The van der Waals surface area contributed by atoms with Crippen molar-refractivity contribution in [3.63, 3.8) is 0 Å². The lowest BCUT2D eigenvalue weighted by atomic mass is 9.89. The molecule has 21 heavy (non-hydrogen) atoms. The topological polar surface area (TPSA) is 30.5 Å². The molecule has 1 aliphatic heterocycles. The fourth-order valence-electron chi connectivity index (χ4n) is 2.78. The molecule has 1 fully saturated rings. The van der Waals surface area contributed by atoms with Gasteiger partial charge in [0.2, 0.25) is 0 Å². The van der Waals surface area contributed by atoms with E-state index in [9.17, 15) is 13.2 Å². The molecular weight excluding hydrogens is 283 g/mol. The van der Waals surface area contributed by atoms with Crippen molar-refractivity contribution in [2.75, 3.05) is 27.3 Å². The predicted octanol–water partition coefficient (Wildman–Crippen LogP) is 3.26. The number of ether oxygens (including phenoxy) is 2. The van der Waals surface area contributed by atoms with Crippen molar-refractivity contribution in [2.24, 2.45) is 5.92 Å². The third-order valence-electron chi connectivity index (χ3n) is 3.85. The fourth-order valence-corrected chi connectivity index (χ4v) is 2.78. The van der Waals surface area contributed by atoms with Gasteiger partial charge < -0.3 is 14.8 Å². The zero-order valence-corrected chi connectivity index (χ0v) is 12.2. The van der Waals surface area contributed by atoms with Gasteiger partial charge in [-0.05, 0) is 56.0 Å². The normalized spacial score (nSPS) is 16.8. The van der Waals surface area contributed by atoms with E-state index in [1.165, 1.54) is 14.2 Å². The first-order valence-electron chi connectivity index (χ1n) is 6.98. The summed E-state index contributed by atoms with van der Waals surface area (Å²) >= 11 is 0. The number of halogens is 3. The lowest BCUT2D eigenvalue weighted by molar-refractivity contribution is -0.138. The largest absolute Gasteiger partial charge is 0.497 e. The highest BCUT2D eigenvalue weighted by atomic mass is 19.4. The van der Waals surface area contributed by atoms with Crippen LogP contribution in [0.2, 0.25) is 0 Å². The molecule has 1 aromatic rings. The van der Waals surface area contributed by atoms with Crippen LogP contribution in [0.3, 0.4) is 0 Å². The van der Waals surface area contributed by atoms with E-state index in [-0.39, 0.29) is 11.5 Å². The van der Waals surface area contributed by atoms with E-state index in [2.05, 4.69) is 5.32 Å². The fraction of sp³-hybridized carbons (Fsp3) is 0.600. The van der Waals surface area contributed by atoms with E-state index < -0.39 is 11.7 Å². The quantitative estimate of drug-likeness (QED) is 0.926. The van der Waals surface area contributed by atoms with Crippen LogP contribution in [0.4, 0.5) is 13.2 Å². The summed E-state index contributed by atoms with van der Waals surface area (Å²) in [7, 11) is 2.65. The van der Waals surface area contributed by atoms with Gasteiger partial charge in [-0.25, -0.2) is 0 Å². The second-order valence-corrected chi connectivity index (χ2v) is 5.26. The van der Waals surface area contributed by atoms with Crippen molar-refractivity contribution in [1.82, 2.24) is 5.32 Å². The number of rotatable bonds is 4. The molecule has 1 saturated heterocycles. The minimum atomic E-state index is -4.46. The average molecular weight is 303 g/mol. The summed E-state index contributed by atoms with van der Waals surface area (Å²) in [5.41, 5.74) is -0.204. The van der Waals surface area contributed by atoms with Crippen LogP contribution in [0.15, 0.2) is 12.1 Å². The van der Waals surface area contributed by atoms with Crippen molar-refractivity contribution >= 4 is 0 Å². The van der Waals surface area contributed by atoms with Gasteiger partial charge in [0.15, 0.2) is 0 Å². The van der Waals surface area contributed by atoms with Crippen molar-refractivity contribution < 1.29 is 22.6 Å². The maximum Gasteiger partial charge on any atom is 0.420 e. The van der Waals surface area contributed by atoms with Crippen LogP contribution in [0.25, 0.3) is 0 Å². The summed E-state index contributed by atoms with van der Waals surface area (Å²) in [6.45, 7) is 1.81. The first-order valence-corrected chi connectivity index (χ1v) is 6.98. The van der Waals surface area contributed by atoms with Gasteiger partial charge in [0.1, 0.15) is 17.1 Å². The molecule has 3 nitrogen and oxygen atoms in total. The Bertz CT molecular complexity index is 483. The standard InChI is InChI=1S/C15H20F3NO2/c1-20-12-8-11(7-10-3-5-19-6-4-10)14(21-2)13(9-12)15(16,17)18/h8-10,19H,3-7H2,1-2H3. The van der Waals surface area contributed by atoms with Crippen LogP contribution in [0, 0.1) is 5.92 Å². The summed E-state index contributed by atoms with van der Waals surface area (Å²) in [5, 5.41) is 3.25. The van der Waals surface area contributed by atoms with Crippen LogP contribution in [0.5, 0.6) is 11.5 Å². The Hall–Kier alpha value is -1.43. The number of alkyl halides is 3. The monoisotopic (exact) mass is 303 g/mol. The smallest absolute Gasteiger partial charge is 0.420 e. The SMILES string of the molecule is COc1cc(CC2CCNCC2)c(OC)c(C(F)(F)F)c1. The van der Waals surface area contributed by atoms with E-state index in [0.717, 1.165) is 32.0 Å². The van der Waals surface area contributed by atoms with Gasteiger partial charge in [0, 0.05) is 0 Å². The first-order chi connectivity index (χ1) is 9.95. The van der Waals surface area contributed by atoms with Gasteiger partial charge in [0.05, 0.1) is 14.2 Å². The summed E-state index contributed by atoms with van der Waals surface area (Å²) in [6, 6.07) is 2.64. The number of methoxy groups -OCH3 is 2. The lowest BCUT2D eigenvalue weighted by Crippen LogP contribution is -2.28. The summed E-state index contributed by atoms with van der Waals surface area (Å²) in [4.78, 5) is 0. The Morgan fingerprint density at radius 3 is 2.33 bits per heavy atom. The van der Waals surface area contributed by atoms with Gasteiger partial charge in [-0.2, -0.15) is 13.2 Å². The Morgan fingerprint density at radius 1 is 1.14 bits per heavy atom. The van der Waals surface area contributed by atoms with Crippen LogP contribution < -0.4 is 14.8 Å². The van der Waals surface area contributed by atoms with E-state index in [0.29, 0.717) is 17.9 Å². The Labute approximate surface area is 122 Å². The Balaban J connectivity index is 2.37. The van der Waals surface area contributed by atoms with E-state index in [1.54, 1.807) is 6.07 Å². The minimum absolute atomic E-state index is 0.0816. The van der Waals surface area contributed by atoms with E-state index in [4.69, 9.17) is 9.47 Å². The highest BCUT2D eigenvalue weighted by molar-refractivity contribution is 5.49. The van der Waals surface area contributed by atoms with Crippen LogP contribution in [-0.2, 0) is 12.6 Å². The zero-order valence-electron chi connectivity index (χ0n) is 12.2. The molecule has 1 heterocycles. The second-order valence-electron chi connectivity index (χ2n) is 5.26. The van der Waals surface area contributed by atoms with Crippen molar-refractivity contribution in [2.45, 2.75) is 25.4 Å². The molecule has 6 heteroatoms. The summed E-state index contributed by atoms with van der Waals surface area (Å²) in [5.74, 6) is 0.502. The second kappa shape index (κ2) is 6.56. The van der Waals surface area contributed by atoms with Gasteiger partial charge in [-0.1, -0.05) is 0 Å². The maximum absolute atomic E-state index is 13.2. The van der Waals surface area contributed by atoms with Gasteiger partial charge in [-0.15, -0.1) is 0 Å². The van der Waals surface area contributed by atoms with E-state index in [1.807, 2.05) is 0 Å². The van der Waals surface area contributed by atoms with Gasteiger partial charge in [-0.3, -0.25) is 0 Å². The molecule has 0 atom stereocenters. The molecule has 0 bridgehead atoms. The molecule has 0 spiro atoms. The van der Waals surface area contributed by atoms with Crippen molar-refractivity contribution in [1.29, 1.82) is 0 Å². The van der Waals surface area contributed by atoms with E-state index >= 15 is 0 Å². The van der Waals surface area contributed by atoms with Crippen LogP contribution in [-0.4, -0.2) is 27.3 Å². The zero-order chi connectivity index (χ0) is 15.5. The van der Waals surface area contributed by atoms with Crippen molar-refractivity contribution in [3.05, 3.63) is 23.3 Å². The molecular formula is C15H20F3NO2. The van der Waals surface area contributed by atoms with Crippen LogP contribution in [0.1, 0.15) is 24.0 Å². The summed E-state index contributed by atoms with van der Waals surface area (Å²) < 4.78 is 49.6. The van der Waals surface area contributed by atoms with Gasteiger partial charge in [0.25, 0.3) is 0 Å². The number of piperidine rings is 1. The molecule has 0 aliphatic carbocycles. The molecule has 0 unspecified atom stereocenters. The third-order valence-corrected chi connectivity index (χ3v) is 3.85. The number of nitrogens with one attached hydrogen (secondary N) is 1. The molecule has 1 aliphatic rings. The first kappa shape index (κ1) is 15.9. The molecule has 1 N–H and O–H groups in total. The molecule has 0 radical (unpaired) electrons. The third kappa shape index (κ3) is 3.81. The van der Waals surface area contributed by atoms with Crippen molar-refractivity contribution in [3.8, 4) is 11.5 Å². The predicted molar refractivity (Wildman–Crippen MR) is 73.8 cm³/mol. The average Bonchev–Trinajstić information content (AvgIpc) is 2.46. The molecule has 2 rings (SSSR count). The number of hydrogen-bond donors (Lipinski definition) is 1. The highest BCUT2D eigenvalue weighted by Crippen LogP contribution is 2.41. The maximum atomic E-state index is 13.2. The molecule has 1 aromatic carbocycles. The highest BCUT2D eigenvalue weighted by Gasteiger charge is 2.36.